The molecule has 0 fully saturated rings. The van der Waals surface area contributed by atoms with Crippen LogP contribution < -0.4 is 0 Å². The van der Waals surface area contributed by atoms with Gasteiger partial charge in [-0.25, -0.2) is 0 Å². The van der Waals surface area contributed by atoms with Gasteiger partial charge in [0.25, 0.3) is 0 Å². The van der Waals surface area contributed by atoms with E-state index >= 15 is 0 Å². The van der Waals surface area contributed by atoms with Crippen molar-refractivity contribution in [1.29, 1.82) is 0 Å². The highest BCUT2D eigenvalue weighted by Crippen LogP contribution is 2.06. The van der Waals surface area contributed by atoms with Gasteiger partial charge in [0.2, 0.25) is 0 Å². The Labute approximate surface area is 49.7 Å². The van der Waals surface area contributed by atoms with E-state index in [0.717, 1.165) is 5.92 Å². The van der Waals surface area contributed by atoms with E-state index in [4.69, 9.17) is 0 Å². The zero-order valence-corrected chi connectivity index (χ0v) is 6.82. The molecular weight excluding hydrogens is 100 g/mol. The summed E-state index contributed by atoms with van der Waals surface area (Å²) in [6.07, 6.45) is 2.76. The first-order valence-corrected chi connectivity index (χ1v) is 4.10. The van der Waals surface area contributed by atoms with Crippen LogP contribution in [0.25, 0.3) is 0 Å². The van der Waals surface area contributed by atoms with Gasteiger partial charge in [0.05, 0.1) is 0 Å². The fourth-order valence-corrected chi connectivity index (χ4v) is 1.25. The van der Waals surface area contributed by atoms with Crippen molar-refractivity contribution in [3.8, 4) is 0 Å². The highest BCUT2D eigenvalue weighted by Gasteiger charge is 1.92. The molecule has 1 unspecified atom stereocenters. The smallest absolute Gasteiger partial charge is 0.00798 e. The van der Waals surface area contributed by atoms with Crippen LogP contribution in [0.1, 0.15) is 26.7 Å². The highest BCUT2D eigenvalue weighted by atomic mass is 28.1. The molecular formula is C6H15Si. The summed E-state index contributed by atoms with van der Waals surface area (Å²) in [4.78, 5) is 0. The molecule has 0 amide bonds. The first kappa shape index (κ1) is 7.22. The van der Waals surface area contributed by atoms with Gasteiger partial charge in [0.15, 0.2) is 0 Å². The molecule has 1 atom stereocenters. The maximum Gasteiger partial charge on any atom is 0.00798 e. The Kier molecular flexibility index (Phi) is 4.51. The minimum Gasteiger partial charge on any atom is -0.0651 e. The standard InChI is InChI=1S/C6H15Si/c1-3-6(2)4-5-7/h6H,3-5,7H2,1-2H3. The zero-order valence-electron chi connectivity index (χ0n) is 5.41. The predicted octanol–water partition coefficient (Wildman–Crippen LogP) is 1.47. The van der Waals surface area contributed by atoms with Crippen LogP contribution in [0.3, 0.4) is 0 Å². The summed E-state index contributed by atoms with van der Waals surface area (Å²) < 4.78 is 0. The molecule has 0 aliphatic rings. The van der Waals surface area contributed by atoms with Crippen LogP contribution in [0.2, 0.25) is 6.04 Å². The van der Waals surface area contributed by atoms with Gasteiger partial charge in [0, 0.05) is 10.2 Å². The summed E-state index contributed by atoms with van der Waals surface area (Å²) in [7, 11) is 2.07. The Hall–Kier alpha value is 0.217. The van der Waals surface area contributed by atoms with Crippen molar-refractivity contribution in [2.24, 2.45) is 5.92 Å². The zero-order chi connectivity index (χ0) is 5.70. The lowest BCUT2D eigenvalue weighted by molar-refractivity contribution is 0.544. The van der Waals surface area contributed by atoms with Gasteiger partial charge in [-0.05, 0) is 5.92 Å². The third kappa shape index (κ3) is 4.06. The topological polar surface area (TPSA) is 0 Å². The summed E-state index contributed by atoms with van der Waals surface area (Å²) in [5.74, 6) is 0.956. The third-order valence-corrected chi connectivity index (χ3v) is 1.80. The van der Waals surface area contributed by atoms with Crippen molar-refractivity contribution in [1.82, 2.24) is 0 Å². The van der Waals surface area contributed by atoms with Gasteiger partial charge in [-0.15, -0.1) is 0 Å². The average molecular weight is 115 g/mol. The fraction of sp³-hybridized carbons (Fsp3) is 1.00. The van der Waals surface area contributed by atoms with Crippen LogP contribution in [0, 0.1) is 5.92 Å². The minimum atomic E-state index is 0.956. The highest BCUT2D eigenvalue weighted by molar-refractivity contribution is 6.08. The van der Waals surface area contributed by atoms with Gasteiger partial charge in [0.1, 0.15) is 0 Å². The second-order valence-electron chi connectivity index (χ2n) is 2.16. The van der Waals surface area contributed by atoms with Crippen LogP contribution in [0.5, 0.6) is 0 Å². The largest absolute Gasteiger partial charge is 0.0651 e. The Bertz CT molecular complexity index is 35.2. The molecule has 0 N–H and O–H groups in total. The molecule has 0 saturated heterocycles. The van der Waals surface area contributed by atoms with Crippen molar-refractivity contribution in [2.75, 3.05) is 0 Å². The second kappa shape index (κ2) is 4.38. The van der Waals surface area contributed by atoms with Crippen LogP contribution in [-0.4, -0.2) is 10.2 Å². The maximum absolute atomic E-state index is 2.31. The molecule has 0 nitrogen and oxygen atoms in total. The van der Waals surface area contributed by atoms with Gasteiger partial charge >= 0.3 is 0 Å². The number of rotatable bonds is 3. The van der Waals surface area contributed by atoms with E-state index in [0.29, 0.717) is 0 Å². The van der Waals surface area contributed by atoms with Gasteiger partial charge in [-0.2, -0.15) is 0 Å². The molecule has 0 spiro atoms. The predicted molar refractivity (Wildman–Crippen MR) is 37.4 cm³/mol. The molecule has 0 bridgehead atoms. The van der Waals surface area contributed by atoms with Crippen LogP contribution in [-0.2, 0) is 0 Å². The summed E-state index contributed by atoms with van der Waals surface area (Å²) in [5, 5.41) is 0. The summed E-state index contributed by atoms with van der Waals surface area (Å²) in [6, 6.07) is 1.37. The first-order chi connectivity index (χ1) is 3.31. The lowest BCUT2D eigenvalue weighted by Gasteiger charge is -2.02. The molecule has 0 aromatic heterocycles. The Balaban J connectivity index is 2.83. The van der Waals surface area contributed by atoms with E-state index in [9.17, 15) is 0 Å². The van der Waals surface area contributed by atoms with Crippen molar-refractivity contribution in [2.45, 2.75) is 32.7 Å². The average Bonchev–Trinajstić information content (AvgIpc) is 1.68. The lowest BCUT2D eigenvalue weighted by Crippen LogP contribution is -1.89. The van der Waals surface area contributed by atoms with Gasteiger partial charge in [-0.3, -0.25) is 0 Å². The van der Waals surface area contributed by atoms with Crippen molar-refractivity contribution < 1.29 is 0 Å². The molecule has 1 heteroatoms. The number of hydrogen-bond acceptors (Lipinski definition) is 0. The molecule has 0 aromatic carbocycles. The molecule has 0 aliphatic carbocycles. The van der Waals surface area contributed by atoms with Gasteiger partial charge < -0.3 is 0 Å². The fourth-order valence-electron chi connectivity index (χ4n) is 0.553. The molecule has 43 valence electrons. The lowest BCUT2D eigenvalue weighted by atomic mass is 10.1. The second-order valence-corrected chi connectivity index (χ2v) is 2.86. The first-order valence-electron chi connectivity index (χ1n) is 3.10. The maximum atomic E-state index is 2.31. The van der Waals surface area contributed by atoms with E-state index < -0.39 is 0 Å². The van der Waals surface area contributed by atoms with E-state index in [1.807, 2.05) is 0 Å². The molecule has 0 aromatic rings. The SMILES string of the molecule is CCC(C)CC[SiH2]. The van der Waals surface area contributed by atoms with Gasteiger partial charge in [-0.1, -0.05) is 32.7 Å². The molecule has 0 saturated carbocycles. The quantitative estimate of drug-likeness (QED) is 0.489. The van der Waals surface area contributed by atoms with Crippen molar-refractivity contribution >= 4 is 10.2 Å². The van der Waals surface area contributed by atoms with Crippen molar-refractivity contribution in [3.05, 3.63) is 0 Å². The normalized spacial score (nSPS) is 14.1. The van der Waals surface area contributed by atoms with E-state index in [-0.39, 0.29) is 0 Å². The molecule has 0 aliphatic heterocycles. The van der Waals surface area contributed by atoms with E-state index in [2.05, 4.69) is 24.1 Å². The number of hydrogen-bond donors (Lipinski definition) is 0. The Morgan fingerprint density at radius 1 is 1.57 bits per heavy atom. The third-order valence-electron chi connectivity index (χ3n) is 1.39. The van der Waals surface area contributed by atoms with E-state index in [1.54, 1.807) is 0 Å². The molecule has 0 rings (SSSR count). The van der Waals surface area contributed by atoms with Crippen LogP contribution in [0.15, 0.2) is 0 Å². The minimum absolute atomic E-state index is 0.956. The summed E-state index contributed by atoms with van der Waals surface area (Å²) >= 11 is 0. The van der Waals surface area contributed by atoms with E-state index in [1.165, 1.54) is 18.9 Å². The van der Waals surface area contributed by atoms with Crippen molar-refractivity contribution in [3.63, 3.8) is 0 Å². The summed E-state index contributed by atoms with van der Waals surface area (Å²) in [5.41, 5.74) is 0. The van der Waals surface area contributed by atoms with Crippen LogP contribution in [0.4, 0.5) is 0 Å². The molecule has 7 heavy (non-hydrogen) atoms. The Morgan fingerprint density at radius 3 is 2.29 bits per heavy atom. The monoisotopic (exact) mass is 115 g/mol. The summed E-state index contributed by atoms with van der Waals surface area (Å²) in [6.45, 7) is 4.57. The Morgan fingerprint density at radius 2 is 2.14 bits per heavy atom. The van der Waals surface area contributed by atoms with Crippen LogP contribution >= 0.6 is 0 Å². The molecule has 0 heterocycles. The molecule has 1 radical (unpaired) electrons.